The van der Waals surface area contributed by atoms with Gasteiger partial charge in [0.2, 0.25) is 5.91 Å². The number of carboxylic acid groups (broad SMARTS) is 1. The summed E-state index contributed by atoms with van der Waals surface area (Å²) in [6.07, 6.45) is 6.39. The van der Waals surface area contributed by atoms with Crippen LogP contribution in [0.4, 0.5) is 0 Å². The summed E-state index contributed by atoms with van der Waals surface area (Å²) in [5, 5.41) is 22.8. The second kappa shape index (κ2) is 9.89. The van der Waals surface area contributed by atoms with E-state index in [0.29, 0.717) is 24.7 Å². The Bertz CT molecular complexity index is 1040. The van der Waals surface area contributed by atoms with Crippen molar-refractivity contribution in [2.45, 2.75) is 43.9 Å². The number of aromatic nitrogens is 1. The minimum Gasteiger partial charge on any atom is -0.497 e. The first-order chi connectivity index (χ1) is 15.9. The Hall–Kier alpha value is -2.97. The molecule has 0 radical (unpaired) electrons. The number of carboxylic acids is 1. The maximum absolute atomic E-state index is 11.2. The van der Waals surface area contributed by atoms with Crippen LogP contribution in [0.3, 0.4) is 0 Å². The topological polar surface area (TPSA) is 112 Å². The first-order valence-corrected chi connectivity index (χ1v) is 11.4. The number of aliphatic carboxylic acids is 1. The maximum Gasteiger partial charge on any atom is 0.326 e. The van der Waals surface area contributed by atoms with Gasteiger partial charge in [-0.2, -0.15) is 0 Å². The molecule has 8 heteroatoms. The molecule has 5 heterocycles. The lowest BCUT2D eigenvalue weighted by atomic mass is 9.73. The molecule has 1 aromatic carbocycles. The molecule has 4 aliphatic rings. The van der Waals surface area contributed by atoms with E-state index in [9.17, 15) is 14.7 Å². The summed E-state index contributed by atoms with van der Waals surface area (Å²) in [5.74, 6) is 0.899. The first-order valence-electron chi connectivity index (χ1n) is 11.4. The zero-order valence-electron chi connectivity index (χ0n) is 18.8. The molecule has 1 aromatic heterocycles. The third-order valence-corrected chi connectivity index (χ3v) is 7.11. The van der Waals surface area contributed by atoms with Crippen molar-refractivity contribution < 1.29 is 24.5 Å². The van der Waals surface area contributed by atoms with Crippen molar-refractivity contribution in [2.24, 2.45) is 11.8 Å². The average Bonchev–Trinajstić information content (AvgIpc) is 3.30. The molecule has 0 saturated carbocycles. The van der Waals surface area contributed by atoms with Crippen molar-refractivity contribution in [2.75, 3.05) is 20.2 Å². The molecule has 1 amide bonds. The van der Waals surface area contributed by atoms with Gasteiger partial charge in [-0.3, -0.25) is 14.7 Å². The van der Waals surface area contributed by atoms with Crippen LogP contribution >= 0.6 is 0 Å². The monoisotopic (exact) mass is 453 g/mol. The highest BCUT2D eigenvalue weighted by molar-refractivity contribution is 5.87. The van der Waals surface area contributed by atoms with E-state index in [4.69, 9.17) is 9.84 Å². The molecule has 4 aliphatic heterocycles. The second-order valence-corrected chi connectivity index (χ2v) is 8.97. The Morgan fingerprint density at radius 1 is 1.36 bits per heavy atom. The zero-order chi connectivity index (χ0) is 23.5. The van der Waals surface area contributed by atoms with Crippen molar-refractivity contribution in [3.05, 3.63) is 48.7 Å². The van der Waals surface area contributed by atoms with Gasteiger partial charge >= 0.3 is 5.97 Å². The number of nitrogens with one attached hydrogen (secondary N) is 1. The summed E-state index contributed by atoms with van der Waals surface area (Å²) >= 11 is 0. The number of piperidine rings is 3. The van der Waals surface area contributed by atoms with Crippen LogP contribution in [0.1, 0.15) is 37.4 Å². The van der Waals surface area contributed by atoms with Crippen LogP contribution in [0.5, 0.6) is 5.75 Å². The van der Waals surface area contributed by atoms with Crippen molar-refractivity contribution >= 4 is 22.8 Å². The minimum atomic E-state index is -0.944. The van der Waals surface area contributed by atoms with Crippen LogP contribution in [-0.2, 0) is 9.59 Å². The highest BCUT2D eigenvalue weighted by atomic mass is 16.5. The summed E-state index contributed by atoms with van der Waals surface area (Å²) in [5.41, 5.74) is 1.85. The molecule has 2 bridgehead atoms. The van der Waals surface area contributed by atoms with Gasteiger partial charge in [0.1, 0.15) is 11.8 Å². The van der Waals surface area contributed by atoms with Crippen LogP contribution in [0.25, 0.3) is 10.9 Å². The number of carbonyl (C=O) groups is 2. The minimum absolute atomic E-state index is 0.164. The molecule has 8 nitrogen and oxygen atoms in total. The van der Waals surface area contributed by atoms with E-state index in [1.807, 2.05) is 24.3 Å². The van der Waals surface area contributed by atoms with Gasteiger partial charge in [-0.1, -0.05) is 6.08 Å². The number of fused-ring (bicyclic) bond motifs is 4. The Morgan fingerprint density at radius 3 is 2.76 bits per heavy atom. The quantitative estimate of drug-likeness (QED) is 0.597. The Kier molecular flexibility index (Phi) is 6.95. The van der Waals surface area contributed by atoms with E-state index >= 15 is 0 Å². The van der Waals surface area contributed by atoms with Crippen molar-refractivity contribution in [1.82, 2.24) is 15.2 Å². The number of aliphatic hydroxyl groups excluding tert-OH is 1. The van der Waals surface area contributed by atoms with E-state index in [1.54, 1.807) is 13.3 Å². The number of methoxy groups -OCH3 is 1. The molecule has 6 rings (SSSR count). The molecule has 2 aromatic rings. The number of ether oxygens (including phenoxy) is 1. The summed E-state index contributed by atoms with van der Waals surface area (Å²) in [4.78, 5) is 27.4. The highest BCUT2D eigenvalue weighted by Gasteiger charge is 2.42. The van der Waals surface area contributed by atoms with Gasteiger partial charge in [-0.15, -0.1) is 6.58 Å². The van der Waals surface area contributed by atoms with Crippen LogP contribution in [0.2, 0.25) is 0 Å². The van der Waals surface area contributed by atoms with Crippen molar-refractivity contribution in [3.63, 3.8) is 0 Å². The number of amides is 1. The molecule has 4 fully saturated rings. The van der Waals surface area contributed by atoms with Gasteiger partial charge in [-0.05, 0) is 67.5 Å². The van der Waals surface area contributed by atoms with Gasteiger partial charge in [0.05, 0.1) is 18.7 Å². The largest absolute Gasteiger partial charge is 0.497 e. The molecule has 6 atom stereocenters. The molecule has 176 valence electrons. The summed E-state index contributed by atoms with van der Waals surface area (Å²) in [6, 6.07) is 7.32. The fraction of sp³-hybridized carbons (Fsp3) is 0.480. The van der Waals surface area contributed by atoms with Crippen LogP contribution in [-0.4, -0.2) is 64.3 Å². The van der Waals surface area contributed by atoms with Crippen LogP contribution < -0.4 is 10.1 Å². The zero-order valence-corrected chi connectivity index (χ0v) is 18.8. The number of pyridine rings is 1. The standard InChI is InChI=1S/C20H24N2O2.C5H7NO3/c1-3-13-12-22-9-7-14(13)10-19(22)20(23)16-6-8-21-18-5-4-15(24-2)11-17(16)18;7-4-2-1-3(6-4)5(8)9/h3-6,8,11,13-14,19-20,23H,1,7,9-10,12H2,2H3;3H,1-2H2,(H,6,7)(H,8,9)/t13-,14-,19-,20+;3-/m00/s1. The molecule has 4 saturated heterocycles. The number of benzene rings is 1. The number of aliphatic hydroxyl groups is 1. The average molecular weight is 454 g/mol. The van der Waals surface area contributed by atoms with Crippen LogP contribution in [0, 0.1) is 11.8 Å². The lowest BCUT2D eigenvalue weighted by molar-refractivity contribution is -0.140. The SMILES string of the molecule is C=C[C@H]1CN2CC[C@H]1C[C@H]2[C@H](O)c1ccnc2ccc(OC)cc12.O=C1CC[C@@H](C(=O)O)N1. The van der Waals surface area contributed by atoms with Crippen LogP contribution in [0.15, 0.2) is 43.1 Å². The first kappa shape index (κ1) is 23.2. The fourth-order valence-electron chi connectivity index (χ4n) is 5.24. The molecule has 1 unspecified atom stereocenters. The number of hydrogen-bond acceptors (Lipinski definition) is 6. The van der Waals surface area contributed by atoms with Gasteiger partial charge < -0.3 is 20.3 Å². The van der Waals surface area contributed by atoms with E-state index < -0.39 is 18.1 Å². The van der Waals surface area contributed by atoms with E-state index in [-0.39, 0.29) is 11.9 Å². The Labute approximate surface area is 193 Å². The molecule has 0 aliphatic carbocycles. The smallest absolute Gasteiger partial charge is 0.326 e. The third kappa shape index (κ3) is 4.86. The maximum atomic E-state index is 11.2. The molecule has 33 heavy (non-hydrogen) atoms. The van der Waals surface area contributed by atoms with Gasteiger partial charge in [0.25, 0.3) is 0 Å². The second-order valence-electron chi connectivity index (χ2n) is 8.97. The lowest BCUT2D eigenvalue weighted by Crippen LogP contribution is -2.54. The normalized spacial score (nSPS) is 29.0. The Balaban J connectivity index is 0.000000243. The molecule has 0 spiro atoms. The number of hydrogen-bond donors (Lipinski definition) is 3. The number of carbonyl (C=O) groups excluding carboxylic acids is 1. The van der Waals surface area contributed by atoms with Gasteiger partial charge in [0.15, 0.2) is 0 Å². The Morgan fingerprint density at radius 2 is 2.18 bits per heavy atom. The molecule has 3 N–H and O–H groups in total. The van der Waals surface area contributed by atoms with E-state index in [2.05, 4.69) is 27.9 Å². The summed E-state index contributed by atoms with van der Waals surface area (Å²) in [6.45, 7) is 6.07. The molecular weight excluding hydrogens is 422 g/mol. The molecular formula is C25H31N3O5. The van der Waals surface area contributed by atoms with Gasteiger partial charge in [0, 0.05) is 30.6 Å². The van der Waals surface area contributed by atoms with Gasteiger partial charge in [-0.25, -0.2) is 4.79 Å². The van der Waals surface area contributed by atoms with E-state index in [1.165, 1.54) is 6.42 Å². The van der Waals surface area contributed by atoms with Crippen molar-refractivity contribution in [3.8, 4) is 5.75 Å². The number of rotatable bonds is 5. The summed E-state index contributed by atoms with van der Waals surface area (Å²) in [7, 11) is 1.66. The van der Waals surface area contributed by atoms with E-state index in [0.717, 1.165) is 41.7 Å². The number of nitrogens with zero attached hydrogens (tertiary/aromatic N) is 2. The summed E-state index contributed by atoms with van der Waals surface area (Å²) < 4.78 is 5.35. The third-order valence-electron chi connectivity index (χ3n) is 7.11. The van der Waals surface area contributed by atoms with Crippen molar-refractivity contribution in [1.29, 1.82) is 0 Å². The lowest BCUT2D eigenvalue weighted by Gasteiger charge is -2.50. The predicted molar refractivity (Wildman–Crippen MR) is 124 cm³/mol. The highest BCUT2D eigenvalue weighted by Crippen LogP contribution is 2.42. The fourth-order valence-corrected chi connectivity index (χ4v) is 5.24. The predicted octanol–water partition coefficient (Wildman–Crippen LogP) is 2.52.